The van der Waals surface area contributed by atoms with Crippen LogP contribution >= 0.6 is 11.8 Å². The van der Waals surface area contributed by atoms with Gasteiger partial charge in [0.1, 0.15) is 11.6 Å². The molecular weight excluding hydrogens is 252 g/mol. The first kappa shape index (κ1) is 13.1. The molecule has 0 heterocycles. The lowest BCUT2D eigenvalue weighted by atomic mass is 10.1. The van der Waals surface area contributed by atoms with Crippen molar-refractivity contribution in [1.29, 1.82) is 0 Å². The normalized spacial score (nSPS) is 12.4. The van der Waals surface area contributed by atoms with Crippen molar-refractivity contribution in [3.05, 3.63) is 65.7 Å². The lowest BCUT2D eigenvalue weighted by Gasteiger charge is -2.15. The van der Waals surface area contributed by atoms with Crippen LogP contribution in [0.3, 0.4) is 0 Å². The number of thioether (sulfide) groups is 1. The van der Waals surface area contributed by atoms with Crippen molar-refractivity contribution in [2.75, 3.05) is 6.54 Å². The third-order valence-electron chi connectivity index (χ3n) is 2.55. The molecule has 2 rings (SSSR count). The lowest BCUT2D eigenvalue weighted by molar-refractivity contribution is 0.565. The van der Waals surface area contributed by atoms with E-state index in [-0.39, 0.29) is 5.25 Å². The van der Waals surface area contributed by atoms with Crippen molar-refractivity contribution in [2.24, 2.45) is 5.73 Å². The Labute approximate surface area is 109 Å². The first-order valence-corrected chi connectivity index (χ1v) is 6.45. The molecule has 94 valence electrons. The zero-order chi connectivity index (χ0) is 13.0. The van der Waals surface area contributed by atoms with Crippen molar-refractivity contribution in [1.82, 2.24) is 0 Å². The van der Waals surface area contributed by atoms with Crippen LogP contribution in [0.4, 0.5) is 8.78 Å². The van der Waals surface area contributed by atoms with Gasteiger partial charge in [-0.05, 0) is 17.7 Å². The van der Waals surface area contributed by atoms with Gasteiger partial charge in [-0.15, -0.1) is 11.8 Å². The minimum absolute atomic E-state index is 0.0360. The SMILES string of the molecule is NCC(Sc1ccc(F)cc1F)c1ccccc1. The molecule has 0 amide bonds. The summed E-state index contributed by atoms with van der Waals surface area (Å²) in [6.07, 6.45) is 0. The summed E-state index contributed by atoms with van der Waals surface area (Å²) in [5, 5.41) is -0.0360. The van der Waals surface area contributed by atoms with Crippen LogP contribution in [-0.2, 0) is 0 Å². The number of hydrogen-bond donors (Lipinski definition) is 1. The first-order valence-electron chi connectivity index (χ1n) is 5.57. The van der Waals surface area contributed by atoms with Gasteiger partial charge in [-0.3, -0.25) is 0 Å². The molecule has 0 saturated carbocycles. The van der Waals surface area contributed by atoms with E-state index < -0.39 is 11.6 Å². The fourth-order valence-electron chi connectivity index (χ4n) is 1.64. The average molecular weight is 265 g/mol. The molecule has 2 aromatic rings. The van der Waals surface area contributed by atoms with Crippen molar-refractivity contribution < 1.29 is 8.78 Å². The average Bonchev–Trinajstić information content (AvgIpc) is 2.39. The first-order chi connectivity index (χ1) is 8.70. The molecule has 1 atom stereocenters. The van der Waals surface area contributed by atoms with Gasteiger partial charge >= 0.3 is 0 Å². The molecule has 2 N–H and O–H groups in total. The third-order valence-corrected chi connectivity index (χ3v) is 3.88. The fraction of sp³-hybridized carbons (Fsp3) is 0.143. The Morgan fingerprint density at radius 3 is 2.39 bits per heavy atom. The van der Waals surface area contributed by atoms with Crippen LogP contribution < -0.4 is 5.73 Å². The van der Waals surface area contributed by atoms with Gasteiger partial charge in [-0.1, -0.05) is 30.3 Å². The minimum atomic E-state index is -0.569. The van der Waals surface area contributed by atoms with E-state index in [0.29, 0.717) is 11.4 Å². The van der Waals surface area contributed by atoms with E-state index in [9.17, 15) is 8.78 Å². The van der Waals surface area contributed by atoms with Gasteiger partial charge in [0.05, 0.1) is 0 Å². The predicted molar refractivity (Wildman–Crippen MR) is 70.5 cm³/mol. The van der Waals surface area contributed by atoms with Crippen LogP contribution in [0.25, 0.3) is 0 Å². The second-order valence-electron chi connectivity index (χ2n) is 3.83. The number of halogens is 2. The topological polar surface area (TPSA) is 26.0 Å². The summed E-state index contributed by atoms with van der Waals surface area (Å²) in [6.45, 7) is 0.394. The van der Waals surface area contributed by atoms with Gasteiger partial charge in [-0.25, -0.2) is 8.78 Å². The lowest BCUT2D eigenvalue weighted by Crippen LogP contribution is -2.09. The molecule has 0 aliphatic heterocycles. The standard InChI is InChI=1S/C14H13F2NS/c15-11-6-7-13(12(16)8-11)18-14(9-17)10-4-2-1-3-5-10/h1-8,14H,9,17H2. The largest absolute Gasteiger partial charge is 0.329 e. The van der Waals surface area contributed by atoms with Gasteiger partial charge in [0, 0.05) is 22.8 Å². The summed E-state index contributed by atoms with van der Waals surface area (Å²) in [5.74, 6) is -1.12. The summed E-state index contributed by atoms with van der Waals surface area (Å²) in [4.78, 5) is 0.413. The van der Waals surface area contributed by atoms with Crippen molar-refractivity contribution in [3.8, 4) is 0 Å². The molecule has 0 bridgehead atoms. The van der Waals surface area contributed by atoms with Gasteiger partial charge in [-0.2, -0.15) is 0 Å². The third kappa shape index (κ3) is 3.09. The molecule has 0 aromatic heterocycles. The zero-order valence-electron chi connectivity index (χ0n) is 9.64. The highest BCUT2D eigenvalue weighted by atomic mass is 32.2. The van der Waals surface area contributed by atoms with Crippen LogP contribution in [0, 0.1) is 11.6 Å². The van der Waals surface area contributed by atoms with E-state index in [1.54, 1.807) is 0 Å². The van der Waals surface area contributed by atoms with Crippen LogP contribution in [0.5, 0.6) is 0 Å². The summed E-state index contributed by atoms with van der Waals surface area (Å²) in [5.41, 5.74) is 6.75. The molecular formula is C14H13F2NS. The Hall–Kier alpha value is -1.39. The zero-order valence-corrected chi connectivity index (χ0v) is 10.5. The summed E-state index contributed by atoms with van der Waals surface area (Å²) < 4.78 is 26.4. The smallest absolute Gasteiger partial charge is 0.139 e. The number of rotatable bonds is 4. The van der Waals surface area contributed by atoms with Crippen molar-refractivity contribution in [2.45, 2.75) is 10.1 Å². The van der Waals surface area contributed by atoms with E-state index in [1.807, 2.05) is 30.3 Å². The maximum atomic E-state index is 13.6. The van der Waals surface area contributed by atoms with Gasteiger partial charge in [0.25, 0.3) is 0 Å². The van der Waals surface area contributed by atoms with Crippen LogP contribution in [0.15, 0.2) is 53.4 Å². The molecule has 0 saturated heterocycles. The summed E-state index contributed by atoms with van der Waals surface area (Å²) in [7, 11) is 0. The molecule has 0 fully saturated rings. The minimum Gasteiger partial charge on any atom is -0.329 e. The molecule has 4 heteroatoms. The Morgan fingerprint density at radius 1 is 1.06 bits per heavy atom. The van der Waals surface area contributed by atoms with Crippen LogP contribution in [-0.4, -0.2) is 6.54 Å². The van der Waals surface area contributed by atoms with Gasteiger partial charge in [0.2, 0.25) is 0 Å². The van der Waals surface area contributed by atoms with Gasteiger partial charge in [0.15, 0.2) is 0 Å². The Balaban J connectivity index is 2.21. The Morgan fingerprint density at radius 2 is 1.78 bits per heavy atom. The predicted octanol–water partition coefficient (Wildman–Crippen LogP) is 3.76. The van der Waals surface area contributed by atoms with E-state index in [2.05, 4.69) is 0 Å². The number of hydrogen-bond acceptors (Lipinski definition) is 2. The maximum Gasteiger partial charge on any atom is 0.139 e. The summed E-state index contributed by atoms with van der Waals surface area (Å²) in [6, 6.07) is 13.2. The molecule has 1 nitrogen and oxygen atoms in total. The van der Waals surface area contributed by atoms with E-state index in [0.717, 1.165) is 11.6 Å². The number of benzene rings is 2. The molecule has 0 aliphatic rings. The number of nitrogens with two attached hydrogens (primary N) is 1. The quantitative estimate of drug-likeness (QED) is 0.852. The van der Waals surface area contributed by atoms with Crippen molar-refractivity contribution >= 4 is 11.8 Å². The molecule has 1 unspecified atom stereocenters. The second kappa shape index (κ2) is 5.98. The van der Waals surface area contributed by atoms with E-state index >= 15 is 0 Å². The highest BCUT2D eigenvalue weighted by Gasteiger charge is 2.14. The second-order valence-corrected chi connectivity index (χ2v) is 5.07. The van der Waals surface area contributed by atoms with E-state index in [1.165, 1.54) is 23.9 Å². The van der Waals surface area contributed by atoms with E-state index in [4.69, 9.17) is 5.73 Å². The molecule has 0 spiro atoms. The van der Waals surface area contributed by atoms with Crippen LogP contribution in [0.1, 0.15) is 10.8 Å². The molecule has 18 heavy (non-hydrogen) atoms. The van der Waals surface area contributed by atoms with Crippen LogP contribution in [0.2, 0.25) is 0 Å². The molecule has 0 aliphatic carbocycles. The highest BCUT2D eigenvalue weighted by Crippen LogP contribution is 2.35. The van der Waals surface area contributed by atoms with Crippen molar-refractivity contribution in [3.63, 3.8) is 0 Å². The molecule has 0 radical (unpaired) electrons. The Bertz CT molecular complexity index is 516. The van der Waals surface area contributed by atoms with Gasteiger partial charge < -0.3 is 5.73 Å². The summed E-state index contributed by atoms with van der Waals surface area (Å²) >= 11 is 1.31. The maximum absolute atomic E-state index is 13.6. The monoisotopic (exact) mass is 265 g/mol. The Kier molecular flexibility index (Phi) is 4.33. The highest BCUT2D eigenvalue weighted by molar-refractivity contribution is 7.99. The molecule has 2 aromatic carbocycles. The fourth-order valence-corrected chi connectivity index (χ4v) is 2.66.